The number of aromatic amines is 1. The number of nitrogens with zero attached hydrogens (tertiary/aromatic N) is 5. The third-order valence-electron chi connectivity index (χ3n) is 11.2. The predicted molar refractivity (Wildman–Crippen MR) is 242 cm³/mol. The third kappa shape index (κ3) is 7.23. The molecule has 0 aliphatic carbocycles. The number of carbonyl (C=O) groups excluding carboxylic acids is 2. The van der Waals surface area contributed by atoms with E-state index in [1.54, 1.807) is 41.8 Å². The highest BCUT2D eigenvalue weighted by molar-refractivity contribution is 7.92. The van der Waals surface area contributed by atoms with Crippen LogP contribution in [0.3, 0.4) is 0 Å². The van der Waals surface area contributed by atoms with Crippen LogP contribution in [0.5, 0.6) is 0 Å². The number of H-pyrrole nitrogens is 1. The smallest absolute Gasteiger partial charge is 0.308 e. The van der Waals surface area contributed by atoms with E-state index in [0.29, 0.717) is 32.9 Å². The molecule has 8 aromatic rings. The van der Waals surface area contributed by atoms with Crippen molar-refractivity contribution in [2.75, 3.05) is 11.8 Å². The lowest BCUT2D eigenvalue weighted by atomic mass is 9.97. The Morgan fingerprint density at radius 3 is 2.40 bits per heavy atom. The van der Waals surface area contributed by atoms with Gasteiger partial charge in [-0.15, -0.1) is 32.9 Å². The van der Waals surface area contributed by atoms with Crippen LogP contribution in [-0.4, -0.2) is 52.9 Å². The third-order valence-corrected chi connectivity index (χ3v) is 14.8. The molecule has 5 heterocycles. The summed E-state index contributed by atoms with van der Waals surface area (Å²) in [7, 11) is -2.57. The molecule has 13 nitrogen and oxygen atoms in total. The number of sulfonamides is 1. The van der Waals surface area contributed by atoms with Crippen LogP contribution in [-0.2, 0) is 26.1 Å². The first kappa shape index (κ1) is 40.5. The zero-order chi connectivity index (χ0) is 43.4. The summed E-state index contributed by atoms with van der Waals surface area (Å²) in [6.45, 7) is 8.15. The molecule has 0 radical (unpaired) electrons. The Kier molecular flexibility index (Phi) is 10.3. The topological polar surface area (TPSA) is 184 Å². The molecule has 0 saturated carbocycles. The van der Waals surface area contributed by atoms with Gasteiger partial charge in [-0.2, -0.15) is 5.26 Å². The summed E-state index contributed by atoms with van der Waals surface area (Å²) in [5.41, 5.74) is 8.69. The maximum Gasteiger partial charge on any atom is 0.308 e. The Bertz CT molecular complexity index is 3300. The second-order valence-corrected chi connectivity index (χ2v) is 19.0. The van der Waals surface area contributed by atoms with Gasteiger partial charge in [0, 0.05) is 38.8 Å². The number of anilines is 1. The summed E-state index contributed by atoms with van der Waals surface area (Å²) in [5, 5.41) is 23.8. The van der Waals surface area contributed by atoms with Crippen molar-refractivity contribution in [3.05, 3.63) is 146 Å². The molecular formula is C46H38N8O5S3. The van der Waals surface area contributed by atoms with Gasteiger partial charge in [0.1, 0.15) is 22.9 Å². The number of aromatic nitrogens is 4. The molecule has 0 fully saturated rings. The molecule has 4 aromatic heterocycles. The van der Waals surface area contributed by atoms with Crippen LogP contribution in [0.25, 0.3) is 37.1 Å². The van der Waals surface area contributed by atoms with E-state index in [1.165, 1.54) is 30.6 Å². The average Bonchev–Trinajstić information content (AvgIpc) is 4.05. The minimum Gasteiger partial charge on any atom is -0.469 e. The molecule has 4 aromatic carbocycles. The Balaban J connectivity index is 0.899. The molecular weight excluding hydrogens is 841 g/mol. The SMILES string of the molecule is COC(=O)C[C@@H]1N=C(c2ccc(-c3ccc4cc(C(=O)NCc5ccc(S(=O)(=O)Nc6ccc(C)c7c(C#N)c[nH]c67)cc5)sc4c3)cc2)c2c(sc(C)c2C)-n2c(C)nnc21. The second-order valence-electron chi connectivity index (χ2n) is 15.0. The number of ether oxygens (including phenoxy) is 1. The normalized spacial score (nSPS) is 13.5. The van der Waals surface area contributed by atoms with E-state index in [0.717, 1.165) is 70.4 Å². The summed E-state index contributed by atoms with van der Waals surface area (Å²) in [6, 6.07) is 27.5. The Hall–Kier alpha value is -6.93. The number of aryl methyl sites for hydroxylation is 3. The number of carbonyl (C=O) groups is 2. The van der Waals surface area contributed by atoms with Crippen molar-refractivity contribution < 1.29 is 22.7 Å². The molecule has 62 heavy (non-hydrogen) atoms. The van der Waals surface area contributed by atoms with Gasteiger partial charge in [-0.25, -0.2) is 8.42 Å². The number of amides is 1. The lowest BCUT2D eigenvalue weighted by Crippen LogP contribution is -2.21. The fourth-order valence-corrected chi connectivity index (χ4v) is 11.1. The van der Waals surface area contributed by atoms with Crippen LogP contribution < -0.4 is 10.0 Å². The van der Waals surface area contributed by atoms with Crippen LogP contribution in [0.2, 0.25) is 0 Å². The van der Waals surface area contributed by atoms with Gasteiger partial charge in [0.15, 0.2) is 5.82 Å². The van der Waals surface area contributed by atoms with Crippen LogP contribution in [0.1, 0.15) is 72.0 Å². The number of fused-ring (bicyclic) bond motifs is 5. The van der Waals surface area contributed by atoms with Crippen LogP contribution in [0.15, 0.2) is 101 Å². The number of rotatable bonds is 10. The van der Waals surface area contributed by atoms with E-state index in [4.69, 9.17) is 9.73 Å². The molecule has 1 aliphatic heterocycles. The summed E-state index contributed by atoms with van der Waals surface area (Å²) < 4.78 is 37.3. The Labute approximate surface area is 364 Å². The lowest BCUT2D eigenvalue weighted by molar-refractivity contribution is -0.141. The van der Waals surface area contributed by atoms with Gasteiger partial charge in [-0.3, -0.25) is 23.9 Å². The van der Waals surface area contributed by atoms with Crippen LogP contribution >= 0.6 is 22.7 Å². The predicted octanol–water partition coefficient (Wildman–Crippen LogP) is 8.98. The first-order chi connectivity index (χ1) is 29.8. The number of nitrogens with one attached hydrogen (secondary N) is 3. The maximum atomic E-state index is 13.3. The highest BCUT2D eigenvalue weighted by Gasteiger charge is 2.32. The largest absolute Gasteiger partial charge is 0.469 e. The zero-order valence-corrected chi connectivity index (χ0v) is 36.6. The fourth-order valence-electron chi connectivity index (χ4n) is 7.76. The quantitative estimate of drug-likeness (QED) is 0.114. The highest BCUT2D eigenvalue weighted by atomic mass is 32.2. The van der Waals surface area contributed by atoms with E-state index >= 15 is 0 Å². The number of nitriles is 1. The van der Waals surface area contributed by atoms with Gasteiger partial charge >= 0.3 is 5.97 Å². The van der Waals surface area contributed by atoms with Crippen molar-refractivity contribution in [3.8, 4) is 22.2 Å². The molecule has 1 amide bonds. The number of esters is 1. The first-order valence-corrected chi connectivity index (χ1v) is 22.7. The Morgan fingerprint density at radius 2 is 1.66 bits per heavy atom. The van der Waals surface area contributed by atoms with Crippen LogP contribution in [0, 0.1) is 39.0 Å². The van der Waals surface area contributed by atoms with E-state index in [1.807, 2.05) is 48.7 Å². The molecule has 0 unspecified atom stereocenters. The van der Waals surface area contributed by atoms with E-state index in [-0.39, 0.29) is 29.7 Å². The van der Waals surface area contributed by atoms with E-state index in [2.05, 4.69) is 63.3 Å². The molecule has 0 saturated heterocycles. The minimum absolute atomic E-state index is 0.0299. The van der Waals surface area contributed by atoms with Gasteiger partial charge in [-0.05, 0) is 91.2 Å². The van der Waals surface area contributed by atoms with Gasteiger partial charge in [0.2, 0.25) is 0 Å². The Morgan fingerprint density at radius 1 is 0.919 bits per heavy atom. The van der Waals surface area contributed by atoms with Crippen molar-refractivity contribution in [3.63, 3.8) is 0 Å². The average molecular weight is 879 g/mol. The lowest BCUT2D eigenvalue weighted by Gasteiger charge is -2.12. The molecule has 310 valence electrons. The standard InChI is InChI=1S/C46H38N8O5S3/c1-24-6-17-35(43-40(24)33(21-47)23-48-43)53-62(57,58)34-15-7-28(8-16-34)22-49-45(56)38-19-32-14-13-31(18-37(32)61-38)29-9-11-30(12-10-29)42-41-25(2)26(3)60-46(41)54-27(4)51-52-44(54)36(50-42)20-39(55)59-5/h6-19,23,36,48,53H,20,22H2,1-5H3,(H,49,56)/t36-/m0/s1. The monoisotopic (exact) mass is 878 g/mol. The molecule has 0 bridgehead atoms. The van der Waals surface area contributed by atoms with Crippen molar-refractivity contribution in [1.82, 2.24) is 25.1 Å². The molecule has 9 rings (SSSR count). The second kappa shape index (κ2) is 15.8. The van der Waals surface area contributed by atoms with Gasteiger partial charge in [0.25, 0.3) is 15.9 Å². The molecule has 3 N–H and O–H groups in total. The van der Waals surface area contributed by atoms with Crippen LogP contribution in [0.4, 0.5) is 5.69 Å². The van der Waals surface area contributed by atoms with Crippen molar-refractivity contribution in [2.24, 2.45) is 4.99 Å². The van der Waals surface area contributed by atoms with Gasteiger partial charge < -0.3 is 15.0 Å². The van der Waals surface area contributed by atoms with Gasteiger partial charge in [-0.1, -0.05) is 54.6 Å². The highest BCUT2D eigenvalue weighted by Crippen LogP contribution is 2.40. The number of hydrogen-bond donors (Lipinski definition) is 3. The number of aliphatic imine (C=N–C) groups is 1. The summed E-state index contributed by atoms with van der Waals surface area (Å²) >= 11 is 3.05. The van der Waals surface area contributed by atoms with Gasteiger partial charge in [0.05, 0.1) is 45.8 Å². The summed E-state index contributed by atoms with van der Waals surface area (Å²) in [6.07, 6.45) is 1.59. The maximum absolute atomic E-state index is 13.3. The molecule has 16 heteroatoms. The van der Waals surface area contributed by atoms with E-state index < -0.39 is 16.1 Å². The number of thiophene rings is 2. The van der Waals surface area contributed by atoms with E-state index in [9.17, 15) is 23.3 Å². The van der Waals surface area contributed by atoms with Crippen molar-refractivity contribution >= 4 is 77.0 Å². The molecule has 1 aliphatic rings. The van der Waals surface area contributed by atoms with Crippen molar-refractivity contribution in [1.29, 1.82) is 5.26 Å². The zero-order valence-electron chi connectivity index (χ0n) is 34.2. The minimum atomic E-state index is -3.94. The molecule has 0 spiro atoms. The summed E-state index contributed by atoms with van der Waals surface area (Å²) in [5.74, 6) is 0.709. The number of methoxy groups -OCH3 is 1. The number of benzene rings is 4. The van der Waals surface area contributed by atoms with Crippen molar-refractivity contribution in [2.45, 2.75) is 51.6 Å². The summed E-state index contributed by atoms with van der Waals surface area (Å²) in [4.78, 5) is 35.8. The number of hydrogen-bond acceptors (Lipinski definition) is 11. The molecule has 1 atom stereocenters. The first-order valence-electron chi connectivity index (χ1n) is 19.6. The fraction of sp³-hybridized carbons (Fsp3) is 0.174.